The lowest BCUT2D eigenvalue weighted by Gasteiger charge is -2.29. The van der Waals surface area contributed by atoms with Crippen LogP contribution in [0.3, 0.4) is 0 Å². The zero-order valence-corrected chi connectivity index (χ0v) is 12.0. The second-order valence-electron chi connectivity index (χ2n) is 6.38. The summed E-state index contributed by atoms with van der Waals surface area (Å²) in [7, 11) is 2.28. The van der Waals surface area contributed by atoms with Crippen LogP contribution in [0.15, 0.2) is 24.3 Å². The van der Waals surface area contributed by atoms with Crippen LogP contribution in [0.5, 0.6) is 0 Å². The molecule has 104 valence electrons. The summed E-state index contributed by atoms with van der Waals surface area (Å²) in [6.45, 7) is 1.94. The number of hydrogen-bond acceptors (Lipinski definition) is 2. The Balaban J connectivity index is 1.70. The molecule has 0 saturated heterocycles. The molecule has 1 aromatic rings. The van der Waals surface area contributed by atoms with E-state index >= 15 is 0 Å². The van der Waals surface area contributed by atoms with Gasteiger partial charge >= 0.3 is 0 Å². The van der Waals surface area contributed by atoms with E-state index in [9.17, 15) is 0 Å². The van der Waals surface area contributed by atoms with E-state index in [1.807, 2.05) is 0 Å². The molecule has 0 spiro atoms. The van der Waals surface area contributed by atoms with Crippen LogP contribution in [0.25, 0.3) is 0 Å². The quantitative estimate of drug-likeness (QED) is 0.879. The lowest BCUT2D eigenvalue weighted by Crippen LogP contribution is -2.37. The first-order valence-corrected chi connectivity index (χ1v) is 7.77. The van der Waals surface area contributed by atoms with Crippen molar-refractivity contribution in [3.05, 3.63) is 35.4 Å². The zero-order chi connectivity index (χ0) is 13.2. The Bertz CT molecular complexity index is 425. The first kappa shape index (κ1) is 13.1. The van der Waals surface area contributed by atoms with Crippen LogP contribution in [0.2, 0.25) is 0 Å². The van der Waals surface area contributed by atoms with Gasteiger partial charge in [0.15, 0.2) is 0 Å². The van der Waals surface area contributed by atoms with Crippen molar-refractivity contribution in [3.8, 4) is 0 Å². The molecule has 0 radical (unpaired) electrons. The molecule has 2 unspecified atom stereocenters. The molecule has 0 heterocycles. The summed E-state index contributed by atoms with van der Waals surface area (Å²) in [5, 5.41) is 0. The number of nitrogens with two attached hydrogens (primary N) is 1. The highest BCUT2D eigenvalue weighted by Gasteiger charge is 2.30. The van der Waals surface area contributed by atoms with Gasteiger partial charge in [0.25, 0.3) is 0 Å². The Morgan fingerprint density at radius 1 is 1.16 bits per heavy atom. The molecule has 3 rings (SSSR count). The molecule has 0 bridgehead atoms. The van der Waals surface area contributed by atoms with E-state index in [-0.39, 0.29) is 0 Å². The zero-order valence-electron chi connectivity index (χ0n) is 12.0. The fourth-order valence-corrected chi connectivity index (χ4v) is 3.73. The minimum atomic E-state index is 0.692. The van der Waals surface area contributed by atoms with E-state index in [4.69, 9.17) is 5.73 Å². The Morgan fingerprint density at radius 2 is 1.95 bits per heavy atom. The number of nitrogens with zero attached hydrogens (tertiary/aromatic N) is 1. The lowest BCUT2D eigenvalue weighted by molar-refractivity contribution is 0.192. The van der Waals surface area contributed by atoms with Gasteiger partial charge in [0.1, 0.15) is 0 Å². The molecule has 19 heavy (non-hydrogen) atoms. The van der Waals surface area contributed by atoms with Crippen LogP contribution in [0.4, 0.5) is 0 Å². The molecular formula is C17H26N2. The monoisotopic (exact) mass is 258 g/mol. The summed E-state index contributed by atoms with van der Waals surface area (Å²) in [5.74, 6) is 1.55. The van der Waals surface area contributed by atoms with Crippen LogP contribution in [-0.4, -0.2) is 24.5 Å². The van der Waals surface area contributed by atoms with Gasteiger partial charge in [-0.3, -0.25) is 4.90 Å². The third kappa shape index (κ3) is 2.85. The highest BCUT2D eigenvalue weighted by Crippen LogP contribution is 2.42. The van der Waals surface area contributed by atoms with E-state index in [0.29, 0.717) is 12.0 Å². The normalized spacial score (nSPS) is 27.1. The predicted octanol–water partition coefficient (Wildman–Crippen LogP) is 3.12. The molecule has 2 nitrogen and oxygen atoms in total. The molecule has 0 aromatic heterocycles. The maximum atomic E-state index is 5.92. The summed E-state index contributed by atoms with van der Waals surface area (Å²) in [5.41, 5.74) is 9.05. The summed E-state index contributed by atoms with van der Waals surface area (Å²) in [4.78, 5) is 2.55. The van der Waals surface area contributed by atoms with Crippen molar-refractivity contribution in [1.29, 1.82) is 0 Å². The van der Waals surface area contributed by atoms with Crippen molar-refractivity contribution in [1.82, 2.24) is 4.90 Å². The molecular weight excluding hydrogens is 232 g/mol. The van der Waals surface area contributed by atoms with Crippen LogP contribution >= 0.6 is 0 Å². The Morgan fingerprint density at radius 3 is 2.68 bits per heavy atom. The fourth-order valence-electron chi connectivity index (χ4n) is 3.73. The summed E-state index contributed by atoms with van der Waals surface area (Å²) >= 11 is 0. The van der Waals surface area contributed by atoms with Gasteiger partial charge in [0.05, 0.1) is 0 Å². The second-order valence-corrected chi connectivity index (χ2v) is 6.38. The smallest absolute Gasteiger partial charge is 0.0236 e. The molecule has 0 aliphatic heterocycles. The van der Waals surface area contributed by atoms with Gasteiger partial charge < -0.3 is 5.73 Å². The van der Waals surface area contributed by atoms with Gasteiger partial charge in [-0.2, -0.15) is 0 Å². The van der Waals surface area contributed by atoms with Crippen LogP contribution in [0, 0.1) is 5.92 Å². The average Bonchev–Trinajstić information content (AvgIpc) is 3.16. The fraction of sp³-hybridized carbons (Fsp3) is 0.647. The van der Waals surface area contributed by atoms with Gasteiger partial charge in [0.2, 0.25) is 0 Å². The van der Waals surface area contributed by atoms with Gasteiger partial charge in [-0.05, 0) is 62.2 Å². The van der Waals surface area contributed by atoms with Crippen molar-refractivity contribution < 1.29 is 0 Å². The van der Waals surface area contributed by atoms with Crippen LogP contribution < -0.4 is 5.73 Å². The van der Waals surface area contributed by atoms with Gasteiger partial charge in [0, 0.05) is 12.6 Å². The molecule has 1 aromatic carbocycles. The number of benzene rings is 1. The standard InChI is InChI=1S/C17H26N2/c1-19(17-8-4-6-14(17)11-18)12-15-5-2-3-7-16(15)13-9-10-13/h2-3,5,7,13-14,17H,4,6,8-12,18H2,1H3. The van der Waals surface area contributed by atoms with E-state index in [2.05, 4.69) is 36.2 Å². The van der Waals surface area contributed by atoms with Crippen LogP contribution in [0.1, 0.15) is 49.1 Å². The van der Waals surface area contributed by atoms with Gasteiger partial charge in [-0.1, -0.05) is 30.7 Å². The molecule has 2 saturated carbocycles. The highest BCUT2D eigenvalue weighted by molar-refractivity contribution is 5.33. The van der Waals surface area contributed by atoms with Crippen molar-refractivity contribution in [2.24, 2.45) is 11.7 Å². The minimum Gasteiger partial charge on any atom is -0.330 e. The Kier molecular flexibility index (Phi) is 3.90. The lowest BCUT2D eigenvalue weighted by atomic mass is 9.99. The SMILES string of the molecule is CN(Cc1ccccc1C1CC1)C1CCCC1CN. The van der Waals surface area contributed by atoms with E-state index in [0.717, 1.165) is 19.0 Å². The maximum absolute atomic E-state index is 5.92. The van der Waals surface area contributed by atoms with Gasteiger partial charge in [-0.25, -0.2) is 0 Å². The molecule has 2 fully saturated rings. The van der Waals surface area contributed by atoms with Crippen molar-refractivity contribution >= 4 is 0 Å². The van der Waals surface area contributed by atoms with E-state index < -0.39 is 0 Å². The number of hydrogen-bond donors (Lipinski definition) is 1. The Labute approximate surface area is 117 Å². The van der Waals surface area contributed by atoms with Crippen molar-refractivity contribution in [2.75, 3.05) is 13.6 Å². The van der Waals surface area contributed by atoms with E-state index in [1.165, 1.54) is 37.7 Å². The first-order chi connectivity index (χ1) is 9.29. The summed E-state index contributed by atoms with van der Waals surface area (Å²) < 4.78 is 0. The van der Waals surface area contributed by atoms with Crippen molar-refractivity contribution in [2.45, 2.75) is 50.6 Å². The highest BCUT2D eigenvalue weighted by atomic mass is 15.1. The topological polar surface area (TPSA) is 29.3 Å². The predicted molar refractivity (Wildman–Crippen MR) is 80.1 cm³/mol. The Hall–Kier alpha value is -0.860. The molecule has 2 heteroatoms. The van der Waals surface area contributed by atoms with Gasteiger partial charge in [-0.15, -0.1) is 0 Å². The molecule has 2 N–H and O–H groups in total. The first-order valence-electron chi connectivity index (χ1n) is 7.77. The van der Waals surface area contributed by atoms with E-state index in [1.54, 1.807) is 5.56 Å². The molecule has 2 aliphatic rings. The third-order valence-corrected chi connectivity index (χ3v) is 4.98. The average molecular weight is 258 g/mol. The summed E-state index contributed by atoms with van der Waals surface area (Å²) in [6, 6.07) is 9.71. The molecule has 2 atom stereocenters. The van der Waals surface area contributed by atoms with Crippen molar-refractivity contribution in [3.63, 3.8) is 0 Å². The molecule has 2 aliphatic carbocycles. The minimum absolute atomic E-state index is 0.692. The van der Waals surface area contributed by atoms with Crippen LogP contribution in [-0.2, 0) is 6.54 Å². The number of rotatable bonds is 5. The summed E-state index contributed by atoms with van der Waals surface area (Å²) in [6.07, 6.45) is 6.76. The molecule has 0 amide bonds. The second kappa shape index (κ2) is 5.64. The largest absolute Gasteiger partial charge is 0.330 e. The third-order valence-electron chi connectivity index (χ3n) is 4.98. The maximum Gasteiger partial charge on any atom is 0.0236 e.